The maximum atomic E-state index is 12.5. The Kier molecular flexibility index (Phi) is 4.96. The van der Waals surface area contributed by atoms with Gasteiger partial charge in [0.1, 0.15) is 6.33 Å². The van der Waals surface area contributed by atoms with Crippen molar-refractivity contribution in [3.05, 3.63) is 90.3 Å². The molecule has 0 unspecified atom stereocenters. The Bertz CT molecular complexity index is 1240. The average molecular weight is 410 g/mol. The number of amides is 2. The first kappa shape index (κ1) is 19.1. The zero-order valence-corrected chi connectivity index (χ0v) is 16.9. The van der Waals surface area contributed by atoms with Crippen LogP contribution in [-0.2, 0) is 11.3 Å². The molecule has 0 spiro atoms. The lowest BCUT2D eigenvalue weighted by molar-refractivity contribution is -0.117. The van der Waals surface area contributed by atoms with E-state index in [0.29, 0.717) is 12.1 Å². The molecule has 2 N–H and O–H groups in total. The van der Waals surface area contributed by atoms with Gasteiger partial charge in [-0.05, 0) is 66.9 Å². The van der Waals surface area contributed by atoms with Crippen molar-refractivity contribution in [3.8, 4) is 5.69 Å². The van der Waals surface area contributed by atoms with E-state index in [0.717, 1.165) is 40.8 Å². The highest BCUT2D eigenvalue weighted by atomic mass is 16.2. The summed E-state index contributed by atoms with van der Waals surface area (Å²) >= 11 is 0. The van der Waals surface area contributed by atoms with Crippen molar-refractivity contribution in [3.63, 3.8) is 0 Å². The molecule has 154 valence electrons. The van der Waals surface area contributed by atoms with E-state index in [4.69, 9.17) is 0 Å². The van der Waals surface area contributed by atoms with Gasteiger partial charge in [-0.25, -0.2) is 4.98 Å². The molecule has 31 heavy (non-hydrogen) atoms. The minimum Gasteiger partial charge on any atom is -0.348 e. The molecule has 0 atom stereocenters. The number of nitrogens with zero attached hydrogens (tertiary/aromatic N) is 2. The number of nitrogens with one attached hydrogen (secondary N) is 2. The van der Waals surface area contributed by atoms with Gasteiger partial charge in [0, 0.05) is 29.4 Å². The summed E-state index contributed by atoms with van der Waals surface area (Å²) < 4.78 is 2.00. The molecule has 1 aliphatic rings. The van der Waals surface area contributed by atoms with Crippen molar-refractivity contribution in [2.75, 3.05) is 5.32 Å². The van der Waals surface area contributed by atoms with Crippen molar-refractivity contribution in [1.29, 1.82) is 0 Å². The Morgan fingerprint density at radius 1 is 0.935 bits per heavy atom. The van der Waals surface area contributed by atoms with Crippen LogP contribution >= 0.6 is 0 Å². The lowest BCUT2D eigenvalue weighted by atomic mass is 10.1. The molecule has 0 saturated heterocycles. The fourth-order valence-corrected chi connectivity index (χ4v) is 3.52. The summed E-state index contributed by atoms with van der Waals surface area (Å²) in [5, 5.41) is 5.86. The van der Waals surface area contributed by atoms with E-state index in [1.807, 2.05) is 77.4 Å². The van der Waals surface area contributed by atoms with E-state index in [1.165, 1.54) is 0 Å². The second-order valence-corrected chi connectivity index (χ2v) is 7.79. The first-order valence-electron chi connectivity index (χ1n) is 10.4. The quantitative estimate of drug-likeness (QED) is 0.497. The standard InChI is InChI=1S/C25H22N4O2/c30-24(26-15-17-5-11-20(12-6-17)28-25(31)19-7-8-19)18-9-13-21(14-10-18)29-16-27-22-3-1-2-4-23(22)29/h1-6,9-14,16,19H,7-8,15H2,(H,26,30)(H,28,31). The molecule has 6 heteroatoms. The maximum absolute atomic E-state index is 12.5. The molecule has 1 fully saturated rings. The molecule has 1 aliphatic carbocycles. The van der Waals surface area contributed by atoms with Crippen LogP contribution in [0.5, 0.6) is 0 Å². The zero-order valence-electron chi connectivity index (χ0n) is 16.9. The number of para-hydroxylation sites is 2. The number of aromatic nitrogens is 2. The molecule has 3 aromatic carbocycles. The first-order chi connectivity index (χ1) is 15.2. The van der Waals surface area contributed by atoms with E-state index in [-0.39, 0.29) is 17.7 Å². The van der Waals surface area contributed by atoms with E-state index in [2.05, 4.69) is 15.6 Å². The summed E-state index contributed by atoms with van der Waals surface area (Å²) in [7, 11) is 0. The highest BCUT2D eigenvalue weighted by molar-refractivity contribution is 5.95. The second-order valence-electron chi connectivity index (χ2n) is 7.79. The Morgan fingerprint density at radius 2 is 1.68 bits per heavy atom. The number of fused-ring (bicyclic) bond motifs is 1. The molecule has 6 nitrogen and oxygen atoms in total. The molecule has 1 aromatic heterocycles. The van der Waals surface area contributed by atoms with Crippen LogP contribution in [0.15, 0.2) is 79.1 Å². The van der Waals surface area contributed by atoms with Crippen LogP contribution in [0.1, 0.15) is 28.8 Å². The molecule has 1 heterocycles. The van der Waals surface area contributed by atoms with Gasteiger partial charge in [0.05, 0.1) is 11.0 Å². The predicted molar refractivity (Wildman–Crippen MR) is 120 cm³/mol. The van der Waals surface area contributed by atoms with Crippen LogP contribution in [0, 0.1) is 5.92 Å². The second kappa shape index (κ2) is 8.07. The molecule has 2 amide bonds. The van der Waals surface area contributed by atoms with E-state index < -0.39 is 0 Å². The van der Waals surface area contributed by atoms with Crippen LogP contribution in [-0.4, -0.2) is 21.4 Å². The van der Waals surface area contributed by atoms with Gasteiger partial charge < -0.3 is 10.6 Å². The summed E-state index contributed by atoms with van der Waals surface area (Å²) in [5.41, 5.74) is 5.27. The highest BCUT2D eigenvalue weighted by Gasteiger charge is 2.29. The average Bonchev–Trinajstić information content (AvgIpc) is 3.58. The van der Waals surface area contributed by atoms with E-state index in [9.17, 15) is 9.59 Å². The number of carbonyl (C=O) groups is 2. The summed E-state index contributed by atoms with van der Waals surface area (Å²) in [6, 6.07) is 23.0. The molecule has 4 aromatic rings. The van der Waals surface area contributed by atoms with Gasteiger partial charge in [-0.1, -0.05) is 24.3 Å². The van der Waals surface area contributed by atoms with Crippen LogP contribution < -0.4 is 10.6 Å². The van der Waals surface area contributed by atoms with Gasteiger partial charge in [0.25, 0.3) is 5.91 Å². The zero-order chi connectivity index (χ0) is 21.2. The minimum absolute atomic E-state index is 0.0909. The number of benzene rings is 3. The van der Waals surface area contributed by atoms with E-state index >= 15 is 0 Å². The molecule has 0 aliphatic heterocycles. The van der Waals surface area contributed by atoms with Crippen LogP contribution in [0.2, 0.25) is 0 Å². The number of hydrogen-bond donors (Lipinski definition) is 2. The summed E-state index contributed by atoms with van der Waals surface area (Å²) in [6.45, 7) is 0.420. The summed E-state index contributed by atoms with van der Waals surface area (Å²) in [6.07, 6.45) is 3.75. The van der Waals surface area contributed by atoms with Crippen molar-refractivity contribution in [2.24, 2.45) is 5.92 Å². The molecule has 1 saturated carbocycles. The summed E-state index contributed by atoms with van der Waals surface area (Å²) in [4.78, 5) is 28.8. The lowest BCUT2D eigenvalue weighted by Gasteiger charge is -2.09. The van der Waals surface area contributed by atoms with Gasteiger partial charge in [0.15, 0.2) is 0 Å². The first-order valence-corrected chi connectivity index (χ1v) is 10.4. The Labute approximate surface area is 179 Å². The van der Waals surface area contributed by atoms with Crippen molar-refractivity contribution in [2.45, 2.75) is 19.4 Å². The number of anilines is 1. The third-order valence-electron chi connectivity index (χ3n) is 5.48. The molecule has 5 rings (SSSR count). The Hall–Kier alpha value is -3.93. The molecular formula is C25H22N4O2. The number of hydrogen-bond acceptors (Lipinski definition) is 3. The lowest BCUT2D eigenvalue weighted by Crippen LogP contribution is -2.22. The van der Waals surface area contributed by atoms with Crippen molar-refractivity contribution >= 4 is 28.5 Å². The van der Waals surface area contributed by atoms with Gasteiger partial charge in [-0.3, -0.25) is 14.2 Å². The van der Waals surface area contributed by atoms with Crippen LogP contribution in [0.25, 0.3) is 16.7 Å². The number of carbonyl (C=O) groups excluding carboxylic acids is 2. The molecule has 0 radical (unpaired) electrons. The maximum Gasteiger partial charge on any atom is 0.251 e. The SMILES string of the molecule is O=C(NCc1ccc(NC(=O)C2CC2)cc1)c1ccc(-n2cnc3ccccc32)cc1. The predicted octanol–water partition coefficient (Wildman–Crippen LogP) is 4.30. The minimum atomic E-state index is -0.131. The fourth-order valence-electron chi connectivity index (χ4n) is 3.52. The Morgan fingerprint density at radius 3 is 2.42 bits per heavy atom. The normalized spacial score (nSPS) is 13.2. The number of rotatable bonds is 6. The van der Waals surface area contributed by atoms with Crippen molar-refractivity contribution in [1.82, 2.24) is 14.9 Å². The highest BCUT2D eigenvalue weighted by Crippen LogP contribution is 2.30. The Balaban J connectivity index is 1.20. The third kappa shape index (κ3) is 4.19. The van der Waals surface area contributed by atoms with Gasteiger partial charge in [-0.2, -0.15) is 0 Å². The molecular weight excluding hydrogens is 388 g/mol. The van der Waals surface area contributed by atoms with Crippen LogP contribution in [0.4, 0.5) is 5.69 Å². The van der Waals surface area contributed by atoms with Crippen molar-refractivity contribution < 1.29 is 9.59 Å². The monoisotopic (exact) mass is 410 g/mol. The molecule has 0 bridgehead atoms. The third-order valence-corrected chi connectivity index (χ3v) is 5.48. The summed E-state index contributed by atoms with van der Waals surface area (Å²) in [5.74, 6) is 0.138. The fraction of sp³-hybridized carbons (Fsp3) is 0.160. The van der Waals surface area contributed by atoms with Crippen LogP contribution in [0.3, 0.4) is 0 Å². The largest absolute Gasteiger partial charge is 0.348 e. The smallest absolute Gasteiger partial charge is 0.251 e. The number of imidazole rings is 1. The van der Waals surface area contributed by atoms with Gasteiger partial charge >= 0.3 is 0 Å². The topological polar surface area (TPSA) is 76.0 Å². The van der Waals surface area contributed by atoms with E-state index in [1.54, 1.807) is 6.33 Å². The van der Waals surface area contributed by atoms with Gasteiger partial charge in [-0.15, -0.1) is 0 Å². The van der Waals surface area contributed by atoms with Gasteiger partial charge in [0.2, 0.25) is 5.91 Å².